The van der Waals surface area contributed by atoms with Gasteiger partial charge in [-0.3, -0.25) is 9.67 Å². The molecule has 0 spiro atoms. The highest BCUT2D eigenvalue weighted by Gasteiger charge is 2.37. The van der Waals surface area contributed by atoms with Gasteiger partial charge in [0.2, 0.25) is 0 Å². The molecule has 2 aliphatic rings. The second kappa shape index (κ2) is 6.67. The first-order valence-corrected chi connectivity index (χ1v) is 9.82. The zero-order chi connectivity index (χ0) is 19.1. The molecule has 0 amide bonds. The topological polar surface area (TPSA) is 69.0 Å². The molecule has 1 fully saturated rings. The van der Waals surface area contributed by atoms with Crippen molar-refractivity contribution in [3.05, 3.63) is 53.6 Å². The van der Waals surface area contributed by atoms with Crippen molar-refractivity contribution in [3.63, 3.8) is 0 Å². The molecule has 5 rings (SSSR count). The molecule has 144 valence electrons. The highest BCUT2D eigenvalue weighted by molar-refractivity contribution is 5.59. The number of pyridine rings is 1. The van der Waals surface area contributed by atoms with E-state index in [9.17, 15) is 0 Å². The standard InChI is InChI=1S/C21H24N6O/c1-21(15-12-23-26(2)13-15)14-27(10-11-28-21)20-16-6-5-8-17(16)24-19(25-20)18-7-3-4-9-22-18/h3-4,7,9,12-13H,5-6,8,10-11,14H2,1-2H3. The van der Waals surface area contributed by atoms with Crippen molar-refractivity contribution in [3.8, 4) is 11.5 Å². The molecule has 1 atom stereocenters. The number of morpholine rings is 1. The lowest BCUT2D eigenvalue weighted by atomic mass is 9.96. The summed E-state index contributed by atoms with van der Waals surface area (Å²) in [4.78, 5) is 16.6. The van der Waals surface area contributed by atoms with Gasteiger partial charge in [-0.2, -0.15) is 5.10 Å². The largest absolute Gasteiger partial charge is 0.367 e. The van der Waals surface area contributed by atoms with E-state index in [0.29, 0.717) is 12.4 Å². The van der Waals surface area contributed by atoms with Gasteiger partial charge in [0, 0.05) is 42.8 Å². The van der Waals surface area contributed by atoms with Crippen molar-refractivity contribution in [2.75, 3.05) is 24.6 Å². The van der Waals surface area contributed by atoms with Gasteiger partial charge in [0.25, 0.3) is 0 Å². The maximum Gasteiger partial charge on any atom is 0.180 e. The van der Waals surface area contributed by atoms with Gasteiger partial charge in [-0.15, -0.1) is 0 Å². The summed E-state index contributed by atoms with van der Waals surface area (Å²) in [6.45, 7) is 4.35. The average molecular weight is 376 g/mol. The first-order valence-electron chi connectivity index (χ1n) is 9.82. The van der Waals surface area contributed by atoms with Gasteiger partial charge in [0.05, 0.1) is 19.3 Å². The molecule has 4 heterocycles. The lowest BCUT2D eigenvalue weighted by Crippen LogP contribution is -2.49. The SMILES string of the molecule is Cn1cc(C2(C)CN(c3nc(-c4ccccn4)nc4c3CCC4)CCO2)cn1. The molecule has 1 aliphatic heterocycles. The fourth-order valence-corrected chi connectivity index (χ4v) is 4.20. The number of rotatable bonds is 3. The number of ether oxygens (including phenoxy) is 1. The van der Waals surface area contributed by atoms with E-state index in [4.69, 9.17) is 14.7 Å². The second-order valence-corrected chi connectivity index (χ2v) is 7.77. The molecule has 0 radical (unpaired) electrons. The van der Waals surface area contributed by atoms with Gasteiger partial charge in [-0.25, -0.2) is 9.97 Å². The van der Waals surface area contributed by atoms with E-state index in [1.165, 1.54) is 11.3 Å². The molecule has 1 saturated heterocycles. The number of hydrogen-bond acceptors (Lipinski definition) is 6. The Balaban J connectivity index is 1.54. The maximum absolute atomic E-state index is 6.20. The number of anilines is 1. The monoisotopic (exact) mass is 376 g/mol. The van der Waals surface area contributed by atoms with E-state index >= 15 is 0 Å². The Morgan fingerprint density at radius 3 is 2.89 bits per heavy atom. The lowest BCUT2D eigenvalue weighted by Gasteiger charge is -2.41. The van der Waals surface area contributed by atoms with Crippen molar-refractivity contribution in [2.45, 2.75) is 31.8 Å². The second-order valence-electron chi connectivity index (χ2n) is 7.77. The van der Waals surface area contributed by atoms with E-state index in [0.717, 1.165) is 49.4 Å². The highest BCUT2D eigenvalue weighted by atomic mass is 16.5. The van der Waals surface area contributed by atoms with Crippen LogP contribution in [0.15, 0.2) is 36.8 Å². The first kappa shape index (κ1) is 17.3. The summed E-state index contributed by atoms with van der Waals surface area (Å²) in [6.07, 6.45) is 8.90. The van der Waals surface area contributed by atoms with Crippen LogP contribution in [0.3, 0.4) is 0 Å². The average Bonchev–Trinajstić information content (AvgIpc) is 3.37. The van der Waals surface area contributed by atoms with E-state index < -0.39 is 5.60 Å². The molecule has 1 unspecified atom stereocenters. The quantitative estimate of drug-likeness (QED) is 0.700. The van der Waals surface area contributed by atoms with Crippen LogP contribution in [0.4, 0.5) is 5.82 Å². The summed E-state index contributed by atoms with van der Waals surface area (Å²) < 4.78 is 8.02. The number of fused-ring (bicyclic) bond motifs is 1. The number of hydrogen-bond donors (Lipinski definition) is 0. The lowest BCUT2D eigenvalue weighted by molar-refractivity contribution is -0.0468. The van der Waals surface area contributed by atoms with Gasteiger partial charge in [-0.05, 0) is 38.3 Å². The molecule has 28 heavy (non-hydrogen) atoms. The third-order valence-corrected chi connectivity index (χ3v) is 5.69. The summed E-state index contributed by atoms with van der Waals surface area (Å²) >= 11 is 0. The third kappa shape index (κ3) is 2.96. The Morgan fingerprint density at radius 2 is 2.11 bits per heavy atom. The van der Waals surface area contributed by atoms with Crippen LogP contribution in [0, 0.1) is 0 Å². The predicted octanol–water partition coefficient (Wildman–Crippen LogP) is 2.51. The Labute approximate surface area is 164 Å². The fourth-order valence-electron chi connectivity index (χ4n) is 4.20. The molecular formula is C21H24N6O. The first-order chi connectivity index (χ1) is 13.6. The molecule has 0 aromatic carbocycles. The number of nitrogens with zero attached hydrogens (tertiary/aromatic N) is 6. The van der Waals surface area contributed by atoms with E-state index in [2.05, 4.69) is 21.9 Å². The molecule has 3 aromatic rings. The molecule has 3 aromatic heterocycles. The van der Waals surface area contributed by atoms with Crippen LogP contribution in [-0.2, 0) is 30.2 Å². The fraction of sp³-hybridized carbons (Fsp3) is 0.429. The normalized spacial score (nSPS) is 21.7. The van der Waals surface area contributed by atoms with Crippen molar-refractivity contribution in [1.82, 2.24) is 24.7 Å². The summed E-state index contributed by atoms with van der Waals surface area (Å²) in [5.41, 5.74) is 3.96. The number of aryl methyl sites for hydroxylation is 2. The van der Waals surface area contributed by atoms with Crippen LogP contribution >= 0.6 is 0 Å². The predicted molar refractivity (Wildman–Crippen MR) is 106 cm³/mol. The van der Waals surface area contributed by atoms with E-state index in [1.54, 1.807) is 6.20 Å². The smallest absolute Gasteiger partial charge is 0.180 e. The van der Waals surface area contributed by atoms with Gasteiger partial charge < -0.3 is 9.64 Å². The van der Waals surface area contributed by atoms with Crippen LogP contribution in [0.1, 0.15) is 30.2 Å². The molecule has 0 saturated carbocycles. The van der Waals surface area contributed by atoms with Crippen molar-refractivity contribution >= 4 is 5.82 Å². The van der Waals surface area contributed by atoms with Crippen molar-refractivity contribution in [2.24, 2.45) is 7.05 Å². The van der Waals surface area contributed by atoms with Crippen molar-refractivity contribution in [1.29, 1.82) is 0 Å². The van der Waals surface area contributed by atoms with Crippen LogP contribution < -0.4 is 4.90 Å². The van der Waals surface area contributed by atoms with Gasteiger partial charge in [0.15, 0.2) is 5.82 Å². The van der Waals surface area contributed by atoms with Gasteiger partial charge in [0.1, 0.15) is 17.1 Å². The van der Waals surface area contributed by atoms with Gasteiger partial charge in [-0.1, -0.05) is 6.07 Å². The number of aromatic nitrogens is 5. The Hall–Kier alpha value is -2.80. The Bertz CT molecular complexity index is 1000. The van der Waals surface area contributed by atoms with E-state index in [1.807, 2.05) is 42.3 Å². The zero-order valence-electron chi connectivity index (χ0n) is 16.3. The van der Waals surface area contributed by atoms with Gasteiger partial charge >= 0.3 is 0 Å². The zero-order valence-corrected chi connectivity index (χ0v) is 16.3. The molecule has 7 nitrogen and oxygen atoms in total. The van der Waals surface area contributed by atoms with Crippen LogP contribution in [0.5, 0.6) is 0 Å². The Kier molecular flexibility index (Phi) is 4.12. The maximum atomic E-state index is 6.20. The molecule has 0 bridgehead atoms. The van der Waals surface area contributed by atoms with Crippen LogP contribution in [0.2, 0.25) is 0 Å². The molecular weight excluding hydrogens is 352 g/mol. The minimum Gasteiger partial charge on any atom is -0.367 e. The van der Waals surface area contributed by atoms with Crippen LogP contribution in [-0.4, -0.2) is 44.4 Å². The summed E-state index contributed by atoms with van der Waals surface area (Å²) in [5.74, 6) is 1.76. The highest BCUT2D eigenvalue weighted by Crippen LogP contribution is 2.36. The molecule has 0 N–H and O–H groups in total. The molecule has 7 heteroatoms. The third-order valence-electron chi connectivity index (χ3n) is 5.69. The van der Waals surface area contributed by atoms with E-state index in [-0.39, 0.29) is 0 Å². The Morgan fingerprint density at radius 1 is 1.18 bits per heavy atom. The summed E-state index contributed by atoms with van der Waals surface area (Å²) in [6, 6.07) is 5.87. The van der Waals surface area contributed by atoms with Crippen molar-refractivity contribution < 1.29 is 4.74 Å². The minimum absolute atomic E-state index is 0.409. The summed E-state index contributed by atoms with van der Waals surface area (Å²) in [5, 5.41) is 4.33. The summed E-state index contributed by atoms with van der Waals surface area (Å²) in [7, 11) is 1.93. The molecule has 1 aliphatic carbocycles. The minimum atomic E-state index is -0.409. The van der Waals surface area contributed by atoms with Crippen LogP contribution in [0.25, 0.3) is 11.5 Å².